The number of nitrogens with zero attached hydrogens (tertiary/aromatic N) is 3. The number of anilines is 1. The first kappa shape index (κ1) is 13.6. The van der Waals surface area contributed by atoms with Crippen molar-refractivity contribution >= 4 is 39.0 Å². The summed E-state index contributed by atoms with van der Waals surface area (Å²) in [5.74, 6) is 1.48. The van der Waals surface area contributed by atoms with Gasteiger partial charge in [0.05, 0.1) is 5.39 Å². The number of aromatic nitrogens is 2. The minimum atomic E-state index is 0.321. The minimum Gasteiger partial charge on any atom is -0.356 e. The fourth-order valence-electron chi connectivity index (χ4n) is 1.91. The molecule has 0 amide bonds. The zero-order valence-electron chi connectivity index (χ0n) is 11.4. The number of fused-ring (bicyclic) bond motifs is 1. The Morgan fingerprint density at radius 2 is 1.94 bits per heavy atom. The number of rotatable bonds is 3. The smallest absolute Gasteiger partial charge is 0.225 e. The third-order valence-electron chi connectivity index (χ3n) is 3.38. The molecular formula is C13H18ClN3S. The molecule has 0 aliphatic carbocycles. The van der Waals surface area contributed by atoms with Gasteiger partial charge in [0.1, 0.15) is 10.6 Å². The molecule has 1 atom stereocenters. The van der Waals surface area contributed by atoms with Crippen molar-refractivity contribution in [2.45, 2.75) is 33.7 Å². The summed E-state index contributed by atoms with van der Waals surface area (Å²) in [5, 5.41) is 1.42. The van der Waals surface area contributed by atoms with Crippen molar-refractivity contribution < 1.29 is 0 Å². The predicted octanol–water partition coefficient (Wildman–Crippen LogP) is 4.13. The molecule has 18 heavy (non-hydrogen) atoms. The fraction of sp³-hybridized carbons (Fsp3) is 0.538. The van der Waals surface area contributed by atoms with Crippen LogP contribution in [0, 0.1) is 12.8 Å². The van der Waals surface area contributed by atoms with Gasteiger partial charge in [-0.05, 0) is 37.4 Å². The van der Waals surface area contributed by atoms with E-state index in [9.17, 15) is 0 Å². The van der Waals surface area contributed by atoms with Crippen molar-refractivity contribution in [3.8, 4) is 0 Å². The largest absolute Gasteiger partial charge is 0.356 e. The summed E-state index contributed by atoms with van der Waals surface area (Å²) in [6.45, 7) is 8.70. The summed E-state index contributed by atoms with van der Waals surface area (Å²) in [6.07, 6.45) is 0. The lowest BCUT2D eigenvalue weighted by molar-refractivity contribution is 0.503. The maximum absolute atomic E-state index is 6.02. The van der Waals surface area contributed by atoms with Crippen LogP contribution in [0.25, 0.3) is 10.2 Å². The Morgan fingerprint density at radius 1 is 1.28 bits per heavy atom. The zero-order chi connectivity index (χ0) is 13.4. The van der Waals surface area contributed by atoms with Gasteiger partial charge in [-0.2, -0.15) is 4.98 Å². The lowest BCUT2D eigenvalue weighted by Gasteiger charge is -2.29. The zero-order valence-corrected chi connectivity index (χ0v) is 12.9. The molecule has 2 aromatic heterocycles. The monoisotopic (exact) mass is 283 g/mol. The summed E-state index contributed by atoms with van der Waals surface area (Å²) in [5.41, 5.74) is 0. The third-order valence-corrected chi connectivity index (χ3v) is 4.49. The van der Waals surface area contributed by atoms with Gasteiger partial charge in [0.2, 0.25) is 5.28 Å². The van der Waals surface area contributed by atoms with Gasteiger partial charge < -0.3 is 4.90 Å². The summed E-state index contributed by atoms with van der Waals surface area (Å²) in [4.78, 5) is 13.1. The average molecular weight is 284 g/mol. The average Bonchev–Trinajstić information content (AvgIpc) is 2.65. The summed E-state index contributed by atoms with van der Waals surface area (Å²) in [6, 6.07) is 2.54. The molecule has 0 aromatic carbocycles. The van der Waals surface area contributed by atoms with Crippen LogP contribution in [0.1, 0.15) is 25.6 Å². The third kappa shape index (κ3) is 2.45. The molecule has 0 aliphatic rings. The first-order chi connectivity index (χ1) is 8.40. The SMILES string of the molecule is Cc1cc2c(N(C)C(C)C(C)C)nc(Cl)nc2s1. The number of aryl methyl sites for hydroxylation is 1. The van der Waals surface area contributed by atoms with Gasteiger partial charge >= 0.3 is 0 Å². The molecule has 0 N–H and O–H groups in total. The Kier molecular flexibility index (Phi) is 3.78. The van der Waals surface area contributed by atoms with Crippen LogP contribution in [0.4, 0.5) is 5.82 Å². The molecule has 0 aliphatic heterocycles. The quantitative estimate of drug-likeness (QED) is 0.793. The van der Waals surface area contributed by atoms with E-state index in [0.717, 1.165) is 16.0 Å². The van der Waals surface area contributed by atoms with E-state index in [1.165, 1.54) is 4.88 Å². The molecule has 0 bridgehead atoms. The Bertz CT molecular complexity index is 565. The standard InChI is InChI=1S/C13H18ClN3S/c1-7(2)9(4)17(5)11-10-6-8(3)18-12(10)16-13(14)15-11/h6-7,9H,1-5H3. The van der Waals surface area contributed by atoms with Gasteiger partial charge in [-0.3, -0.25) is 0 Å². The van der Waals surface area contributed by atoms with Crippen molar-refractivity contribution in [3.05, 3.63) is 16.2 Å². The lowest BCUT2D eigenvalue weighted by atomic mass is 10.1. The summed E-state index contributed by atoms with van der Waals surface area (Å²) in [7, 11) is 2.07. The molecule has 3 nitrogen and oxygen atoms in total. The Hall–Kier alpha value is -0.870. The van der Waals surface area contributed by atoms with E-state index in [2.05, 4.69) is 55.7 Å². The van der Waals surface area contributed by atoms with Crippen molar-refractivity contribution in [2.24, 2.45) is 5.92 Å². The van der Waals surface area contributed by atoms with Gasteiger partial charge in [0.25, 0.3) is 0 Å². The normalized spacial score (nSPS) is 13.3. The van der Waals surface area contributed by atoms with Crippen molar-refractivity contribution in [1.82, 2.24) is 9.97 Å². The maximum Gasteiger partial charge on any atom is 0.225 e. The number of halogens is 1. The second-order valence-electron chi connectivity index (χ2n) is 4.99. The molecule has 2 heterocycles. The summed E-state index contributed by atoms with van der Waals surface area (Å²) >= 11 is 7.67. The number of thiophene rings is 1. The van der Waals surface area contributed by atoms with E-state index in [-0.39, 0.29) is 0 Å². The second kappa shape index (κ2) is 5.02. The van der Waals surface area contributed by atoms with Crippen molar-refractivity contribution in [1.29, 1.82) is 0 Å². The molecule has 2 rings (SSSR count). The highest BCUT2D eigenvalue weighted by Gasteiger charge is 2.19. The molecule has 1 unspecified atom stereocenters. The van der Waals surface area contributed by atoms with E-state index >= 15 is 0 Å². The van der Waals surface area contributed by atoms with Crippen LogP contribution in [0.3, 0.4) is 0 Å². The highest BCUT2D eigenvalue weighted by Crippen LogP contribution is 2.32. The number of hydrogen-bond donors (Lipinski definition) is 0. The van der Waals surface area contributed by atoms with Gasteiger partial charge in [0, 0.05) is 18.0 Å². The van der Waals surface area contributed by atoms with Gasteiger partial charge in [-0.1, -0.05) is 13.8 Å². The second-order valence-corrected chi connectivity index (χ2v) is 6.56. The number of hydrogen-bond acceptors (Lipinski definition) is 4. The van der Waals surface area contributed by atoms with E-state index in [1.807, 2.05) is 0 Å². The first-order valence-electron chi connectivity index (χ1n) is 6.06. The van der Waals surface area contributed by atoms with Crippen LogP contribution < -0.4 is 4.90 Å². The van der Waals surface area contributed by atoms with E-state index in [4.69, 9.17) is 11.6 Å². The Morgan fingerprint density at radius 3 is 2.56 bits per heavy atom. The molecule has 0 saturated heterocycles. The molecule has 0 saturated carbocycles. The van der Waals surface area contributed by atoms with Crippen LogP contribution >= 0.6 is 22.9 Å². The molecular weight excluding hydrogens is 266 g/mol. The Labute approximate surface area is 117 Å². The van der Waals surface area contributed by atoms with Gasteiger partial charge in [-0.25, -0.2) is 4.98 Å². The molecule has 0 radical (unpaired) electrons. The fourth-order valence-corrected chi connectivity index (χ4v) is 3.00. The predicted molar refractivity (Wildman–Crippen MR) is 79.9 cm³/mol. The van der Waals surface area contributed by atoms with E-state index in [0.29, 0.717) is 17.2 Å². The van der Waals surface area contributed by atoms with Crippen LogP contribution in [0.5, 0.6) is 0 Å². The lowest BCUT2D eigenvalue weighted by Crippen LogP contribution is -2.33. The molecule has 2 aromatic rings. The van der Waals surface area contributed by atoms with E-state index < -0.39 is 0 Å². The van der Waals surface area contributed by atoms with Crippen molar-refractivity contribution in [2.75, 3.05) is 11.9 Å². The van der Waals surface area contributed by atoms with Gasteiger partial charge in [-0.15, -0.1) is 11.3 Å². The van der Waals surface area contributed by atoms with Gasteiger partial charge in [0.15, 0.2) is 0 Å². The van der Waals surface area contributed by atoms with E-state index in [1.54, 1.807) is 11.3 Å². The maximum atomic E-state index is 6.02. The highest BCUT2D eigenvalue weighted by atomic mass is 35.5. The Balaban J connectivity index is 2.55. The molecule has 5 heteroatoms. The van der Waals surface area contributed by atoms with Crippen LogP contribution in [0.2, 0.25) is 5.28 Å². The molecule has 0 fully saturated rings. The minimum absolute atomic E-state index is 0.321. The molecule has 0 spiro atoms. The highest BCUT2D eigenvalue weighted by molar-refractivity contribution is 7.18. The van der Waals surface area contributed by atoms with Crippen molar-refractivity contribution in [3.63, 3.8) is 0 Å². The summed E-state index contributed by atoms with van der Waals surface area (Å²) < 4.78 is 0. The van der Waals surface area contributed by atoms with Crippen LogP contribution in [0.15, 0.2) is 6.07 Å². The van der Waals surface area contributed by atoms with Crippen LogP contribution in [-0.4, -0.2) is 23.1 Å². The first-order valence-corrected chi connectivity index (χ1v) is 7.26. The van der Waals surface area contributed by atoms with Crippen LogP contribution in [-0.2, 0) is 0 Å². The molecule has 98 valence electrons. The topological polar surface area (TPSA) is 29.0 Å².